The van der Waals surface area contributed by atoms with E-state index in [9.17, 15) is 9.90 Å². The molecule has 1 aromatic heterocycles. The smallest absolute Gasteiger partial charge is 0.307 e. The van der Waals surface area contributed by atoms with Crippen LogP contribution in [0, 0.1) is 0 Å². The SMILES string of the molecule is O=C(O)C[C@](O)(c1ccc(Br)cc1)c1ccccn1. The molecule has 0 fully saturated rings. The number of carboxylic acid groups (broad SMARTS) is 1. The molecule has 0 saturated heterocycles. The van der Waals surface area contributed by atoms with E-state index in [1.54, 1.807) is 42.5 Å². The summed E-state index contributed by atoms with van der Waals surface area (Å²) in [6, 6.07) is 11.9. The highest BCUT2D eigenvalue weighted by atomic mass is 79.9. The molecular formula is C14H12BrNO3. The molecule has 0 unspecified atom stereocenters. The molecule has 1 aromatic carbocycles. The summed E-state index contributed by atoms with van der Waals surface area (Å²) in [5.74, 6) is -1.09. The molecule has 0 amide bonds. The van der Waals surface area contributed by atoms with E-state index in [0.717, 1.165) is 4.47 Å². The van der Waals surface area contributed by atoms with Crippen molar-refractivity contribution in [3.05, 3.63) is 64.4 Å². The number of pyridine rings is 1. The number of benzene rings is 1. The fraction of sp³-hybridized carbons (Fsp3) is 0.143. The summed E-state index contributed by atoms with van der Waals surface area (Å²) in [5.41, 5.74) is -0.815. The molecule has 0 aliphatic carbocycles. The first-order valence-corrected chi connectivity index (χ1v) is 6.43. The molecule has 4 nitrogen and oxygen atoms in total. The van der Waals surface area contributed by atoms with E-state index in [1.165, 1.54) is 6.20 Å². The van der Waals surface area contributed by atoms with Gasteiger partial charge in [-0.05, 0) is 29.8 Å². The maximum Gasteiger partial charge on any atom is 0.307 e. The summed E-state index contributed by atoms with van der Waals surface area (Å²) in [7, 11) is 0. The molecule has 1 heterocycles. The Balaban J connectivity index is 2.51. The molecule has 5 heteroatoms. The van der Waals surface area contributed by atoms with E-state index in [2.05, 4.69) is 20.9 Å². The van der Waals surface area contributed by atoms with Crippen molar-refractivity contribution < 1.29 is 15.0 Å². The normalized spacial score (nSPS) is 13.8. The van der Waals surface area contributed by atoms with Crippen LogP contribution in [0.1, 0.15) is 17.7 Å². The van der Waals surface area contributed by atoms with Crippen LogP contribution in [0.4, 0.5) is 0 Å². The van der Waals surface area contributed by atoms with Gasteiger partial charge in [0.2, 0.25) is 0 Å². The van der Waals surface area contributed by atoms with Crippen molar-refractivity contribution in [2.24, 2.45) is 0 Å². The predicted octanol–water partition coefficient (Wildman–Crippen LogP) is 2.55. The van der Waals surface area contributed by atoms with Crippen molar-refractivity contribution in [2.75, 3.05) is 0 Å². The van der Waals surface area contributed by atoms with E-state index < -0.39 is 18.0 Å². The second kappa shape index (κ2) is 5.50. The summed E-state index contributed by atoms with van der Waals surface area (Å²) in [6.07, 6.45) is 1.09. The fourth-order valence-electron chi connectivity index (χ4n) is 1.89. The molecule has 0 aliphatic rings. The van der Waals surface area contributed by atoms with Crippen molar-refractivity contribution in [2.45, 2.75) is 12.0 Å². The van der Waals surface area contributed by atoms with Crippen LogP contribution in [0.3, 0.4) is 0 Å². The van der Waals surface area contributed by atoms with Crippen LogP contribution in [0.15, 0.2) is 53.1 Å². The number of hydrogen-bond donors (Lipinski definition) is 2. The molecule has 2 N–H and O–H groups in total. The van der Waals surface area contributed by atoms with Crippen LogP contribution in [0.25, 0.3) is 0 Å². The Bertz CT molecular complexity index is 571. The Morgan fingerprint density at radius 1 is 1.21 bits per heavy atom. The lowest BCUT2D eigenvalue weighted by Gasteiger charge is -2.26. The zero-order valence-corrected chi connectivity index (χ0v) is 11.5. The molecule has 19 heavy (non-hydrogen) atoms. The Morgan fingerprint density at radius 3 is 2.42 bits per heavy atom. The van der Waals surface area contributed by atoms with Gasteiger partial charge in [-0.1, -0.05) is 34.1 Å². The third kappa shape index (κ3) is 3.00. The zero-order valence-electron chi connectivity index (χ0n) is 9.95. The minimum Gasteiger partial charge on any atom is -0.481 e. The van der Waals surface area contributed by atoms with Gasteiger partial charge in [-0.3, -0.25) is 9.78 Å². The monoisotopic (exact) mass is 321 g/mol. The van der Waals surface area contributed by atoms with E-state index in [1.807, 2.05) is 0 Å². The molecule has 0 saturated carbocycles. The van der Waals surface area contributed by atoms with Crippen LogP contribution >= 0.6 is 15.9 Å². The van der Waals surface area contributed by atoms with Gasteiger partial charge in [0.25, 0.3) is 0 Å². The molecule has 2 rings (SSSR count). The van der Waals surface area contributed by atoms with Gasteiger partial charge >= 0.3 is 5.97 Å². The van der Waals surface area contributed by atoms with Crippen LogP contribution < -0.4 is 0 Å². The maximum atomic E-state index is 11.0. The lowest BCUT2D eigenvalue weighted by Crippen LogP contribution is -2.31. The van der Waals surface area contributed by atoms with Crippen LogP contribution in [-0.4, -0.2) is 21.2 Å². The van der Waals surface area contributed by atoms with E-state index in [-0.39, 0.29) is 0 Å². The Hall–Kier alpha value is -1.72. The van der Waals surface area contributed by atoms with Crippen molar-refractivity contribution in [3.63, 3.8) is 0 Å². The van der Waals surface area contributed by atoms with E-state index >= 15 is 0 Å². The summed E-state index contributed by atoms with van der Waals surface area (Å²) >= 11 is 3.31. The third-order valence-electron chi connectivity index (χ3n) is 2.82. The third-order valence-corrected chi connectivity index (χ3v) is 3.35. The molecule has 0 radical (unpaired) electrons. The zero-order chi connectivity index (χ0) is 13.9. The van der Waals surface area contributed by atoms with E-state index in [4.69, 9.17) is 5.11 Å². The van der Waals surface area contributed by atoms with Gasteiger partial charge in [0.05, 0.1) is 12.1 Å². The number of hydrogen-bond acceptors (Lipinski definition) is 3. The average Bonchev–Trinajstić information content (AvgIpc) is 2.39. The standard InChI is InChI=1S/C14H12BrNO3/c15-11-6-4-10(5-7-11)14(19,9-13(17)18)12-3-1-2-8-16-12/h1-8,19H,9H2,(H,17,18)/t14-/m0/s1. The first kappa shape index (κ1) is 13.7. The fourth-order valence-corrected chi connectivity index (χ4v) is 2.16. The first-order valence-electron chi connectivity index (χ1n) is 5.64. The second-order valence-corrected chi connectivity index (χ2v) is 5.07. The Labute approximate surface area is 118 Å². The summed E-state index contributed by atoms with van der Waals surface area (Å²) in [4.78, 5) is 15.1. The van der Waals surface area contributed by atoms with Gasteiger partial charge in [0.1, 0.15) is 5.60 Å². The van der Waals surface area contributed by atoms with Crippen molar-refractivity contribution in [1.29, 1.82) is 0 Å². The van der Waals surface area contributed by atoms with Gasteiger partial charge in [0, 0.05) is 10.7 Å². The minimum atomic E-state index is -1.63. The second-order valence-electron chi connectivity index (χ2n) is 4.15. The molecule has 2 aromatic rings. The van der Waals surface area contributed by atoms with Gasteiger partial charge in [-0.15, -0.1) is 0 Å². The number of carboxylic acids is 1. The molecule has 0 bridgehead atoms. The first-order chi connectivity index (χ1) is 9.02. The van der Waals surface area contributed by atoms with Crippen molar-refractivity contribution >= 4 is 21.9 Å². The molecule has 1 atom stereocenters. The van der Waals surface area contributed by atoms with E-state index in [0.29, 0.717) is 11.3 Å². The van der Waals surface area contributed by atoms with Gasteiger partial charge in [-0.25, -0.2) is 0 Å². The number of aliphatic hydroxyl groups is 1. The highest BCUT2D eigenvalue weighted by molar-refractivity contribution is 9.10. The lowest BCUT2D eigenvalue weighted by molar-refractivity contribution is -0.141. The van der Waals surface area contributed by atoms with Gasteiger partial charge < -0.3 is 10.2 Å². The highest BCUT2D eigenvalue weighted by Gasteiger charge is 2.35. The number of nitrogens with zero attached hydrogens (tertiary/aromatic N) is 1. The number of aromatic nitrogens is 1. The maximum absolute atomic E-state index is 11.0. The quantitative estimate of drug-likeness (QED) is 0.907. The lowest BCUT2D eigenvalue weighted by atomic mass is 9.87. The number of halogens is 1. The van der Waals surface area contributed by atoms with Crippen molar-refractivity contribution in [3.8, 4) is 0 Å². The summed E-state index contributed by atoms with van der Waals surface area (Å²) in [6.45, 7) is 0. The number of carbonyl (C=O) groups is 1. The summed E-state index contributed by atoms with van der Waals surface area (Å²) < 4.78 is 0.856. The molecule has 0 aliphatic heterocycles. The van der Waals surface area contributed by atoms with Crippen LogP contribution in [-0.2, 0) is 10.4 Å². The molecule has 98 valence electrons. The topological polar surface area (TPSA) is 70.4 Å². The van der Waals surface area contributed by atoms with Crippen LogP contribution in [0.2, 0.25) is 0 Å². The van der Waals surface area contributed by atoms with Crippen molar-refractivity contribution in [1.82, 2.24) is 4.98 Å². The molecule has 0 spiro atoms. The van der Waals surface area contributed by atoms with Crippen LogP contribution in [0.5, 0.6) is 0 Å². The van der Waals surface area contributed by atoms with Gasteiger partial charge in [-0.2, -0.15) is 0 Å². The number of rotatable bonds is 4. The Morgan fingerprint density at radius 2 is 1.89 bits per heavy atom. The number of aliphatic carboxylic acids is 1. The predicted molar refractivity (Wildman–Crippen MR) is 73.6 cm³/mol. The minimum absolute atomic E-state index is 0.319. The average molecular weight is 322 g/mol. The highest BCUT2D eigenvalue weighted by Crippen LogP contribution is 2.32. The summed E-state index contributed by atoms with van der Waals surface area (Å²) in [5, 5.41) is 19.8. The molecular weight excluding hydrogens is 310 g/mol. The largest absolute Gasteiger partial charge is 0.481 e. The Kier molecular flexibility index (Phi) is 3.97. The van der Waals surface area contributed by atoms with Gasteiger partial charge in [0.15, 0.2) is 0 Å².